The van der Waals surface area contributed by atoms with Gasteiger partial charge < -0.3 is 15.2 Å². The van der Waals surface area contributed by atoms with Crippen molar-refractivity contribution in [3.05, 3.63) is 35.4 Å². The Hall–Kier alpha value is -1.04. The highest BCUT2D eigenvalue weighted by molar-refractivity contribution is 5.20. The van der Waals surface area contributed by atoms with Crippen LogP contribution in [-0.2, 0) is 4.74 Å². The van der Waals surface area contributed by atoms with Crippen molar-refractivity contribution >= 4 is 0 Å². The Morgan fingerprint density at radius 1 is 1.35 bits per heavy atom. The van der Waals surface area contributed by atoms with Gasteiger partial charge in [0.2, 0.25) is 0 Å². The fourth-order valence-electron chi connectivity index (χ4n) is 1.42. The summed E-state index contributed by atoms with van der Waals surface area (Å²) in [5.74, 6) is -1.85. The van der Waals surface area contributed by atoms with E-state index in [1.54, 1.807) is 7.11 Å². The maximum Gasteiger partial charge on any atom is 0.159 e. The van der Waals surface area contributed by atoms with E-state index < -0.39 is 17.7 Å². The Kier molecular flexibility index (Phi) is 6.04. The number of benzene rings is 1. The van der Waals surface area contributed by atoms with E-state index in [9.17, 15) is 13.9 Å². The quantitative estimate of drug-likeness (QED) is 0.717. The van der Waals surface area contributed by atoms with Gasteiger partial charge in [-0.05, 0) is 30.7 Å². The second-order valence-electron chi connectivity index (χ2n) is 3.74. The van der Waals surface area contributed by atoms with E-state index in [-0.39, 0.29) is 0 Å². The van der Waals surface area contributed by atoms with Crippen molar-refractivity contribution in [1.82, 2.24) is 5.32 Å². The van der Waals surface area contributed by atoms with E-state index in [0.29, 0.717) is 25.3 Å². The molecule has 0 bridgehead atoms. The van der Waals surface area contributed by atoms with Crippen LogP contribution in [0.4, 0.5) is 8.78 Å². The average Bonchev–Trinajstić information content (AvgIpc) is 2.32. The zero-order valence-corrected chi connectivity index (χ0v) is 9.75. The molecule has 0 spiro atoms. The molecule has 0 saturated heterocycles. The van der Waals surface area contributed by atoms with Crippen molar-refractivity contribution in [2.75, 3.05) is 26.8 Å². The molecule has 96 valence electrons. The van der Waals surface area contributed by atoms with Gasteiger partial charge >= 0.3 is 0 Å². The van der Waals surface area contributed by atoms with Gasteiger partial charge in [0.1, 0.15) is 0 Å². The molecule has 1 aromatic carbocycles. The first-order valence-electron chi connectivity index (χ1n) is 5.48. The molecule has 1 unspecified atom stereocenters. The van der Waals surface area contributed by atoms with Gasteiger partial charge in [-0.15, -0.1) is 0 Å². The van der Waals surface area contributed by atoms with Gasteiger partial charge in [-0.2, -0.15) is 0 Å². The molecule has 1 rings (SSSR count). The molecule has 1 atom stereocenters. The molecule has 1 aromatic rings. The second kappa shape index (κ2) is 7.32. The van der Waals surface area contributed by atoms with Crippen LogP contribution in [0.15, 0.2) is 18.2 Å². The SMILES string of the molecule is COCCCNCC(O)c1ccc(F)c(F)c1. The van der Waals surface area contributed by atoms with E-state index in [1.807, 2.05) is 0 Å². The molecule has 0 aromatic heterocycles. The number of hydrogen-bond acceptors (Lipinski definition) is 3. The lowest BCUT2D eigenvalue weighted by atomic mass is 10.1. The Morgan fingerprint density at radius 3 is 2.76 bits per heavy atom. The minimum absolute atomic E-state index is 0.300. The first kappa shape index (κ1) is 14.0. The highest BCUT2D eigenvalue weighted by Gasteiger charge is 2.10. The fraction of sp³-hybridized carbons (Fsp3) is 0.500. The van der Waals surface area contributed by atoms with Crippen LogP contribution in [-0.4, -0.2) is 31.9 Å². The molecule has 0 aliphatic rings. The fourth-order valence-corrected chi connectivity index (χ4v) is 1.42. The first-order valence-corrected chi connectivity index (χ1v) is 5.48. The van der Waals surface area contributed by atoms with Crippen LogP contribution in [0, 0.1) is 11.6 Å². The van der Waals surface area contributed by atoms with Crippen molar-refractivity contribution < 1.29 is 18.6 Å². The summed E-state index contributed by atoms with van der Waals surface area (Å²) in [7, 11) is 1.62. The molecular weight excluding hydrogens is 228 g/mol. The lowest BCUT2D eigenvalue weighted by Gasteiger charge is -2.12. The van der Waals surface area contributed by atoms with Crippen LogP contribution in [0.25, 0.3) is 0 Å². The summed E-state index contributed by atoms with van der Waals surface area (Å²) in [6.07, 6.45) is -0.00582. The van der Waals surface area contributed by atoms with Crippen LogP contribution < -0.4 is 5.32 Å². The summed E-state index contributed by atoms with van der Waals surface area (Å²) < 4.78 is 30.4. The van der Waals surface area contributed by atoms with Crippen LogP contribution in [0.3, 0.4) is 0 Å². The molecule has 0 radical (unpaired) electrons. The van der Waals surface area contributed by atoms with Gasteiger partial charge in [0.15, 0.2) is 11.6 Å². The average molecular weight is 245 g/mol. The van der Waals surface area contributed by atoms with Crippen LogP contribution in [0.2, 0.25) is 0 Å². The van der Waals surface area contributed by atoms with E-state index in [2.05, 4.69) is 5.32 Å². The van der Waals surface area contributed by atoms with Crippen LogP contribution >= 0.6 is 0 Å². The largest absolute Gasteiger partial charge is 0.387 e. The maximum absolute atomic E-state index is 12.9. The predicted molar refractivity (Wildman–Crippen MR) is 60.7 cm³/mol. The van der Waals surface area contributed by atoms with Crippen molar-refractivity contribution in [1.29, 1.82) is 0 Å². The number of nitrogens with one attached hydrogen (secondary N) is 1. The molecular formula is C12H17F2NO2. The minimum atomic E-state index is -0.944. The third-order valence-corrected chi connectivity index (χ3v) is 2.37. The lowest BCUT2D eigenvalue weighted by Crippen LogP contribution is -2.23. The molecule has 0 aliphatic carbocycles. The summed E-state index contributed by atoms with van der Waals surface area (Å²) in [5, 5.41) is 12.7. The number of ether oxygens (including phenoxy) is 1. The van der Waals surface area contributed by atoms with Crippen molar-refractivity contribution in [3.8, 4) is 0 Å². The van der Waals surface area contributed by atoms with Crippen molar-refractivity contribution in [2.24, 2.45) is 0 Å². The molecule has 2 N–H and O–H groups in total. The van der Waals surface area contributed by atoms with E-state index in [1.165, 1.54) is 6.07 Å². The van der Waals surface area contributed by atoms with E-state index in [0.717, 1.165) is 18.6 Å². The number of methoxy groups -OCH3 is 1. The summed E-state index contributed by atoms with van der Waals surface area (Å²) in [4.78, 5) is 0. The topological polar surface area (TPSA) is 41.5 Å². The highest BCUT2D eigenvalue weighted by atomic mass is 19.2. The Balaban J connectivity index is 2.36. The summed E-state index contributed by atoms with van der Waals surface area (Å²) in [5.41, 5.74) is 0.364. The number of aliphatic hydroxyl groups excluding tert-OH is 1. The van der Waals surface area contributed by atoms with Crippen LogP contribution in [0.5, 0.6) is 0 Å². The number of hydrogen-bond donors (Lipinski definition) is 2. The molecule has 0 heterocycles. The Morgan fingerprint density at radius 2 is 2.12 bits per heavy atom. The predicted octanol–water partition coefficient (Wildman–Crippen LogP) is 1.62. The first-order chi connectivity index (χ1) is 8.15. The number of aliphatic hydroxyl groups is 1. The zero-order valence-electron chi connectivity index (χ0n) is 9.75. The zero-order chi connectivity index (χ0) is 12.7. The van der Waals surface area contributed by atoms with Gasteiger partial charge in [-0.1, -0.05) is 6.07 Å². The third-order valence-electron chi connectivity index (χ3n) is 2.37. The summed E-state index contributed by atoms with van der Waals surface area (Å²) >= 11 is 0. The second-order valence-corrected chi connectivity index (χ2v) is 3.74. The molecule has 3 nitrogen and oxygen atoms in total. The van der Waals surface area contributed by atoms with Gasteiger partial charge in [0, 0.05) is 20.3 Å². The van der Waals surface area contributed by atoms with Gasteiger partial charge in [0.05, 0.1) is 6.10 Å². The lowest BCUT2D eigenvalue weighted by molar-refractivity contribution is 0.167. The summed E-state index contributed by atoms with van der Waals surface area (Å²) in [6.45, 7) is 1.65. The highest BCUT2D eigenvalue weighted by Crippen LogP contribution is 2.15. The van der Waals surface area contributed by atoms with Crippen LogP contribution in [0.1, 0.15) is 18.1 Å². The molecule has 0 fully saturated rings. The maximum atomic E-state index is 12.9. The Bertz CT molecular complexity index is 347. The number of halogens is 2. The third kappa shape index (κ3) is 4.77. The molecule has 0 amide bonds. The Labute approximate surface area is 99.4 Å². The molecule has 0 saturated carbocycles. The molecule has 17 heavy (non-hydrogen) atoms. The normalized spacial score (nSPS) is 12.7. The monoisotopic (exact) mass is 245 g/mol. The molecule has 5 heteroatoms. The smallest absolute Gasteiger partial charge is 0.159 e. The van der Waals surface area contributed by atoms with E-state index in [4.69, 9.17) is 4.74 Å². The van der Waals surface area contributed by atoms with Gasteiger partial charge in [-0.25, -0.2) is 8.78 Å². The minimum Gasteiger partial charge on any atom is -0.387 e. The molecule has 0 aliphatic heterocycles. The van der Waals surface area contributed by atoms with E-state index >= 15 is 0 Å². The van der Waals surface area contributed by atoms with Crippen molar-refractivity contribution in [2.45, 2.75) is 12.5 Å². The summed E-state index contributed by atoms with van der Waals surface area (Å²) in [6, 6.07) is 3.40. The standard InChI is InChI=1S/C12H17F2NO2/c1-17-6-2-5-15-8-12(16)9-3-4-10(13)11(14)7-9/h3-4,7,12,15-16H,2,5-6,8H2,1H3. The van der Waals surface area contributed by atoms with Crippen molar-refractivity contribution in [3.63, 3.8) is 0 Å². The van der Waals surface area contributed by atoms with Gasteiger partial charge in [0.25, 0.3) is 0 Å². The number of rotatable bonds is 7. The van der Waals surface area contributed by atoms with Gasteiger partial charge in [-0.3, -0.25) is 0 Å².